The normalized spacial score (nSPS) is 10.3. The third-order valence-corrected chi connectivity index (χ3v) is 15.9. The van der Waals surface area contributed by atoms with Crippen molar-refractivity contribution in [3.63, 3.8) is 0 Å². The van der Waals surface area contributed by atoms with E-state index in [1.54, 1.807) is 0 Å². The molecule has 0 bridgehead atoms. The van der Waals surface area contributed by atoms with Crippen LogP contribution in [0, 0.1) is 0 Å². The molecule has 0 atom stereocenters. The maximum absolute atomic E-state index is 4.82. The topological polar surface area (TPSA) is 9.23 Å². The molecule has 0 aromatic carbocycles. The molecular weight excluding hydrogens is 608 g/mol. The van der Waals surface area contributed by atoms with Gasteiger partial charge in [-0.05, 0) is 55.5 Å². The Kier molecular flexibility index (Phi) is 77.4. The zero-order chi connectivity index (χ0) is 24.9. The SMILES string of the molecule is CCP(CC)CC.CCP(CC)CC.CCP(CC)CC.Cl.Cl.Cl.[CH3][AlH][O][AlH2].[V][C]1=CC=CC1. The van der Waals surface area contributed by atoms with Crippen LogP contribution in [0.25, 0.3) is 0 Å². The molecule has 0 radical (unpaired) electrons. The molecule has 34 heavy (non-hydrogen) atoms. The summed E-state index contributed by atoms with van der Waals surface area (Å²) in [4.78, 5) is 0. The van der Waals surface area contributed by atoms with E-state index in [9.17, 15) is 0 Å². The first-order valence-electron chi connectivity index (χ1n) is 12.6. The van der Waals surface area contributed by atoms with Crippen molar-refractivity contribution in [2.75, 3.05) is 55.5 Å². The molecule has 1 nitrogen and oxygen atoms in total. The molecule has 10 heteroatoms. The average Bonchev–Trinajstić information content (AvgIpc) is 3.30. The predicted molar refractivity (Wildman–Crippen MR) is 182 cm³/mol. The van der Waals surface area contributed by atoms with E-state index in [2.05, 4.69) is 104 Å². The third kappa shape index (κ3) is 48.3. The van der Waals surface area contributed by atoms with E-state index < -0.39 is 0 Å². The minimum absolute atomic E-state index is 0. The van der Waals surface area contributed by atoms with Gasteiger partial charge in [0.05, 0.1) is 0 Å². The molecule has 0 amide bonds. The molecule has 0 aliphatic heterocycles. The van der Waals surface area contributed by atoms with E-state index in [-0.39, 0.29) is 52.8 Å². The fraction of sp³-hybridized carbons (Fsp3) is 0.833. The third-order valence-electron chi connectivity index (χ3n) is 5.07. The monoisotopic (exact) mass is 666 g/mol. The van der Waals surface area contributed by atoms with Crippen molar-refractivity contribution in [1.82, 2.24) is 0 Å². The van der Waals surface area contributed by atoms with Crippen molar-refractivity contribution in [3.8, 4) is 0 Å². The van der Waals surface area contributed by atoms with Crippen LogP contribution in [0.15, 0.2) is 22.5 Å². The van der Waals surface area contributed by atoms with Crippen molar-refractivity contribution < 1.29 is 20.3 Å². The van der Waals surface area contributed by atoms with Gasteiger partial charge < -0.3 is 2.84 Å². The second kappa shape index (κ2) is 49.2. The van der Waals surface area contributed by atoms with E-state index in [0.29, 0.717) is 23.8 Å². The van der Waals surface area contributed by atoms with E-state index in [4.69, 9.17) is 2.84 Å². The van der Waals surface area contributed by atoms with Gasteiger partial charge in [0.2, 0.25) is 0 Å². The summed E-state index contributed by atoms with van der Waals surface area (Å²) in [6, 6.07) is 0. The van der Waals surface area contributed by atoms with Crippen LogP contribution >= 0.6 is 61.0 Å². The van der Waals surface area contributed by atoms with Gasteiger partial charge in [-0.2, -0.15) is 0 Å². The molecule has 0 fully saturated rings. The number of hydrogen-bond donors (Lipinski definition) is 0. The van der Waals surface area contributed by atoms with Crippen LogP contribution in [0.5, 0.6) is 0 Å². The van der Waals surface area contributed by atoms with Gasteiger partial charge in [-0.3, -0.25) is 0 Å². The van der Waals surface area contributed by atoms with E-state index in [0.717, 1.165) is 23.0 Å². The Bertz CT molecular complexity index is 328. The standard InChI is InChI=1S/3C6H15P.C5H5.CH3.2Al.3ClH.O.V.3H/c3*1-4-7(5-2)6-3;1-2-4-5-3-1;;;;;;;;;;;/h3*4-6H2,1-3H3;1-3H,4H2;1H3;;;3*1H;;;;;. The predicted octanol–water partition coefficient (Wildman–Crippen LogP) is 9.18. The summed E-state index contributed by atoms with van der Waals surface area (Å²) in [5.74, 6) is 2.13. The summed E-state index contributed by atoms with van der Waals surface area (Å²) >= 11 is 3.48. The Balaban J connectivity index is -0.0000000530. The second-order valence-corrected chi connectivity index (χ2v) is 20.2. The molecule has 0 unspecified atom stereocenters. The fourth-order valence-electron chi connectivity index (χ4n) is 2.45. The summed E-state index contributed by atoms with van der Waals surface area (Å²) in [5, 5.41) is 0. The van der Waals surface area contributed by atoms with Gasteiger partial charge in [0.25, 0.3) is 0 Å². The van der Waals surface area contributed by atoms with E-state index in [1.165, 1.54) is 59.7 Å². The van der Waals surface area contributed by atoms with Crippen LogP contribution in [0.2, 0.25) is 5.79 Å². The summed E-state index contributed by atoms with van der Waals surface area (Å²) < 4.78 is 6.22. The van der Waals surface area contributed by atoms with Gasteiger partial charge in [0, 0.05) is 0 Å². The molecule has 0 saturated carbocycles. The molecule has 0 N–H and O–H groups in total. The van der Waals surface area contributed by atoms with Gasteiger partial charge >= 0.3 is 78.5 Å². The second-order valence-electron chi connectivity index (χ2n) is 6.73. The quantitative estimate of drug-likeness (QED) is 0.167. The molecule has 1 aliphatic rings. The molecule has 208 valence electrons. The molecule has 0 heterocycles. The zero-order valence-corrected chi connectivity index (χ0v) is 34.4. The number of rotatable bonds is 10. The molecule has 1 rings (SSSR count). The summed E-state index contributed by atoms with van der Waals surface area (Å²) in [6.45, 7) is 20.6. The first-order valence-corrected chi connectivity index (χ1v) is 21.8. The van der Waals surface area contributed by atoms with Crippen LogP contribution in [0.3, 0.4) is 0 Å². The zero-order valence-electron chi connectivity index (χ0n) is 24.4. The summed E-state index contributed by atoms with van der Waals surface area (Å²) in [7, 11) is 1.34. The molecule has 0 aromatic heterocycles. The molecule has 0 saturated heterocycles. The van der Waals surface area contributed by atoms with Gasteiger partial charge in [0.15, 0.2) is 0 Å². The Morgan fingerprint density at radius 1 is 0.706 bits per heavy atom. The van der Waals surface area contributed by atoms with E-state index in [1.807, 2.05) is 0 Å². The van der Waals surface area contributed by atoms with Gasteiger partial charge in [-0.15, -0.1) is 61.0 Å². The Hall–Kier alpha value is 3.25. The van der Waals surface area contributed by atoms with Crippen LogP contribution in [-0.4, -0.2) is 87.6 Å². The van der Waals surface area contributed by atoms with Gasteiger partial charge in [-0.1, -0.05) is 68.1 Å². The summed E-state index contributed by atoms with van der Waals surface area (Å²) in [6.07, 6.45) is 20.2. The minimum atomic E-state index is -0.0139. The Morgan fingerprint density at radius 2 is 0.941 bits per heavy atom. The molecule has 1 aliphatic carbocycles. The number of halogens is 3. The van der Waals surface area contributed by atoms with E-state index >= 15 is 0 Å². The number of hydrogen-bond acceptors (Lipinski definition) is 1. The van der Waals surface area contributed by atoms with Crippen LogP contribution in [0.1, 0.15) is 68.7 Å². The van der Waals surface area contributed by atoms with Gasteiger partial charge in [0.1, 0.15) is 0 Å². The first kappa shape index (κ1) is 53.5. The van der Waals surface area contributed by atoms with Crippen molar-refractivity contribution in [1.29, 1.82) is 0 Å². The van der Waals surface area contributed by atoms with Crippen molar-refractivity contribution in [3.05, 3.63) is 22.5 Å². The van der Waals surface area contributed by atoms with Crippen LogP contribution < -0.4 is 0 Å². The maximum atomic E-state index is 4.82. The molecular formula is C24H59Al2Cl3OP3V. The molecule has 0 spiro atoms. The summed E-state index contributed by atoms with van der Waals surface area (Å²) in [5.41, 5.74) is 0. The number of allylic oxidation sites excluding steroid dienone is 4. The van der Waals surface area contributed by atoms with Crippen molar-refractivity contribution >= 4 is 93.2 Å². The Labute approximate surface area is 263 Å². The van der Waals surface area contributed by atoms with Crippen LogP contribution in [-0.2, 0) is 20.3 Å². The van der Waals surface area contributed by atoms with Crippen molar-refractivity contribution in [2.45, 2.75) is 74.5 Å². The fourth-order valence-corrected chi connectivity index (χ4v) is 6.77. The van der Waals surface area contributed by atoms with Crippen molar-refractivity contribution in [2.24, 2.45) is 0 Å². The first-order chi connectivity index (χ1) is 14.8. The molecule has 0 aromatic rings. The van der Waals surface area contributed by atoms with Gasteiger partial charge in [-0.25, -0.2) is 0 Å². The Morgan fingerprint density at radius 3 is 0.971 bits per heavy atom. The average molecular weight is 668 g/mol. The van der Waals surface area contributed by atoms with Crippen LogP contribution in [0.4, 0.5) is 0 Å².